The molecule has 0 unspecified atom stereocenters. The first-order valence-corrected chi connectivity index (χ1v) is 8.11. The quantitative estimate of drug-likeness (QED) is 0.839. The zero-order valence-electron chi connectivity index (χ0n) is 12.5. The molecule has 118 valence electrons. The van der Waals surface area contributed by atoms with E-state index in [9.17, 15) is 4.79 Å². The van der Waals surface area contributed by atoms with E-state index in [-0.39, 0.29) is 12.5 Å². The molecule has 0 radical (unpaired) electrons. The third-order valence-corrected chi connectivity index (χ3v) is 4.57. The lowest BCUT2D eigenvalue weighted by Gasteiger charge is -2.34. The number of furan rings is 1. The highest BCUT2D eigenvalue weighted by atomic mass is 32.1. The SMILES string of the molecule is COCC(=O)N1CCN(Cc2csc(-c3ccco3)n2)CC1. The number of thiazole rings is 1. The maximum absolute atomic E-state index is 11.8. The van der Waals surface area contributed by atoms with Gasteiger partial charge in [0.05, 0.1) is 12.0 Å². The van der Waals surface area contributed by atoms with Crippen molar-refractivity contribution in [1.29, 1.82) is 0 Å². The van der Waals surface area contributed by atoms with Gasteiger partial charge in [-0.05, 0) is 12.1 Å². The summed E-state index contributed by atoms with van der Waals surface area (Å²) < 4.78 is 10.3. The van der Waals surface area contributed by atoms with Crippen LogP contribution in [0.5, 0.6) is 0 Å². The Morgan fingerprint density at radius 3 is 2.91 bits per heavy atom. The molecule has 0 spiro atoms. The molecule has 2 aromatic heterocycles. The van der Waals surface area contributed by atoms with Gasteiger partial charge in [-0.25, -0.2) is 4.98 Å². The van der Waals surface area contributed by atoms with Crippen LogP contribution in [0.4, 0.5) is 0 Å². The van der Waals surface area contributed by atoms with E-state index in [2.05, 4.69) is 15.3 Å². The summed E-state index contributed by atoms with van der Waals surface area (Å²) in [5.74, 6) is 0.877. The number of rotatable bonds is 5. The molecule has 3 heterocycles. The molecule has 0 bridgehead atoms. The average Bonchev–Trinajstić information content (AvgIpc) is 3.19. The highest BCUT2D eigenvalue weighted by molar-refractivity contribution is 7.13. The Morgan fingerprint density at radius 1 is 1.41 bits per heavy atom. The number of nitrogens with zero attached hydrogens (tertiary/aromatic N) is 3. The number of carbonyl (C=O) groups excluding carboxylic acids is 1. The molecular formula is C15H19N3O3S. The topological polar surface area (TPSA) is 58.8 Å². The van der Waals surface area contributed by atoms with E-state index in [0.29, 0.717) is 0 Å². The predicted molar refractivity (Wildman–Crippen MR) is 83.5 cm³/mol. The van der Waals surface area contributed by atoms with E-state index >= 15 is 0 Å². The van der Waals surface area contributed by atoms with Crippen molar-refractivity contribution in [3.8, 4) is 10.8 Å². The molecule has 0 aliphatic carbocycles. The Hall–Kier alpha value is -1.70. The maximum atomic E-state index is 11.8. The van der Waals surface area contributed by atoms with Crippen LogP contribution in [0, 0.1) is 0 Å². The number of methoxy groups -OCH3 is 1. The van der Waals surface area contributed by atoms with Gasteiger partial charge < -0.3 is 14.1 Å². The monoisotopic (exact) mass is 321 g/mol. The molecule has 1 amide bonds. The molecule has 1 aliphatic heterocycles. The number of hydrogen-bond acceptors (Lipinski definition) is 6. The van der Waals surface area contributed by atoms with Crippen molar-refractivity contribution in [2.24, 2.45) is 0 Å². The number of piperazine rings is 1. The van der Waals surface area contributed by atoms with Gasteiger partial charge in [0.25, 0.3) is 0 Å². The van der Waals surface area contributed by atoms with Gasteiger partial charge >= 0.3 is 0 Å². The fourth-order valence-corrected chi connectivity index (χ4v) is 3.27. The van der Waals surface area contributed by atoms with Crippen LogP contribution in [0.1, 0.15) is 5.69 Å². The number of hydrogen-bond donors (Lipinski definition) is 0. The Bertz CT molecular complexity index is 603. The summed E-state index contributed by atoms with van der Waals surface area (Å²) in [5.41, 5.74) is 1.05. The molecule has 2 aromatic rings. The molecule has 3 rings (SSSR count). The third kappa shape index (κ3) is 3.55. The number of amides is 1. The van der Waals surface area contributed by atoms with E-state index in [1.807, 2.05) is 17.0 Å². The molecule has 22 heavy (non-hydrogen) atoms. The van der Waals surface area contributed by atoms with Gasteiger partial charge in [-0.3, -0.25) is 9.69 Å². The number of carbonyl (C=O) groups is 1. The van der Waals surface area contributed by atoms with Crippen LogP contribution in [-0.4, -0.2) is 60.6 Å². The van der Waals surface area contributed by atoms with Crippen molar-refractivity contribution < 1.29 is 13.9 Å². The van der Waals surface area contributed by atoms with E-state index < -0.39 is 0 Å². The van der Waals surface area contributed by atoms with Crippen LogP contribution in [0.25, 0.3) is 10.8 Å². The molecule has 1 aliphatic rings. The highest BCUT2D eigenvalue weighted by Crippen LogP contribution is 2.24. The first-order chi connectivity index (χ1) is 10.8. The van der Waals surface area contributed by atoms with Crippen molar-refractivity contribution in [3.05, 3.63) is 29.5 Å². The Morgan fingerprint density at radius 2 is 2.23 bits per heavy atom. The normalized spacial score (nSPS) is 16.1. The zero-order valence-corrected chi connectivity index (χ0v) is 13.3. The lowest BCUT2D eigenvalue weighted by atomic mass is 10.3. The Balaban J connectivity index is 1.52. The molecule has 7 heteroatoms. The highest BCUT2D eigenvalue weighted by Gasteiger charge is 2.21. The van der Waals surface area contributed by atoms with Crippen LogP contribution in [0.15, 0.2) is 28.2 Å². The second-order valence-corrected chi connectivity index (χ2v) is 6.07. The van der Waals surface area contributed by atoms with Gasteiger partial charge in [0.2, 0.25) is 5.91 Å². The zero-order chi connectivity index (χ0) is 15.4. The fraction of sp³-hybridized carbons (Fsp3) is 0.467. The molecule has 0 saturated carbocycles. The van der Waals surface area contributed by atoms with Crippen molar-refractivity contribution in [2.75, 3.05) is 39.9 Å². The average molecular weight is 321 g/mol. The molecule has 1 fully saturated rings. The minimum atomic E-state index is 0.0657. The Labute approximate surface area is 133 Å². The van der Waals surface area contributed by atoms with Crippen molar-refractivity contribution in [1.82, 2.24) is 14.8 Å². The van der Waals surface area contributed by atoms with E-state index in [1.165, 1.54) is 0 Å². The van der Waals surface area contributed by atoms with Crippen LogP contribution < -0.4 is 0 Å². The number of ether oxygens (including phenoxy) is 1. The first kappa shape index (κ1) is 15.2. The lowest BCUT2D eigenvalue weighted by Crippen LogP contribution is -2.49. The summed E-state index contributed by atoms with van der Waals surface area (Å²) in [6, 6.07) is 3.79. The van der Waals surface area contributed by atoms with Crippen LogP contribution >= 0.6 is 11.3 Å². The maximum Gasteiger partial charge on any atom is 0.248 e. The van der Waals surface area contributed by atoms with Gasteiger partial charge in [0, 0.05) is 45.2 Å². The van der Waals surface area contributed by atoms with E-state index in [0.717, 1.165) is 49.2 Å². The molecule has 1 saturated heterocycles. The first-order valence-electron chi connectivity index (χ1n) is 7.23. The minimum absolute atomic E-state index is 0.0657. The second-order valence-electron chi connectivity index (χ2n) is 5.21. The smallest absolute Gasteiger partial charge is 0.248 e. The predicted octanol–water partition coefficient (Wildman–Crippen LogP) is 1.69. The molecule has 0 atom stereocenters. The summed E-state index contributed by atoms with van der Waals surface area (Å²) in [7, 11) is 1.55. The van der Waals surface area contributed by atoms with Gasteiger partial charge in [-0.2, -0.15) is 0 Å². The Kier molecular flexibility index (Phi) is 4.87. The van der Waals surface area contributed by atoms with Crippen molar-refractivity contribution >= 4 is 17.2 Å². The minimum Gasteiger partial charge on any atom is -0.462 e. The van der Waals surface area contributed by atoms with E-state index in [1.54, 1.807) is 24.7 Å². The summed E-state index contributed by atoms with van der Waals surface area (Å²) in [4.78, 5) is 20.5. The standard InChI is InChI=1S/C15H19N3O3S/c1-20-10-14(19)18-6-4-17(5-7-18)9-12-11-22-15(16-12)13-3-2-8-21-13/h2-3,8,11H,4-7,9-10H2,1H3. The third-order valence-electron chi connectivity index (χ3n) is 3.66. The lowest BCUT2D eigenvalue weighted by molar-refractivity contribution is -0.136. The van der Waals surface area contributed by atoms with Crippen LogP contribution in [0.2, 0.25) is 0 Å². The summed E-state index contributed by atoms with van der Waals surface area (Å²) >= 11 is 1.60. The fourth-order valence-electron chi connectivity index (χ4n) is 2.49. The van der Waals surface area contributed by atoms with Gasteiger partial charge in [0.1, 0.15) is 6.61 Å². The summed E-state index contributed by atoms with van der Waals surface area (Å²) in [6.45, 7) is 4.20. The largest absolute Gasteiger partial charge is 0.462 e. The van der Waals surface area contributed by atoms with Gasteiger partial charge in [0.15, 0.2) is 10.8 Å². The second kappa shape index (κ2) is 7.04. The van der Waals surface area contributed by atoms with E-state index in [4.69, 9.17) is 9.15 Å². The van der Waals surface area contributed by atoms with Gasteiger partial charge in [-0.15, -0.1) is 11.3 Å². The van der Waals surface area contributed by atoms with Crippen LogP contribution in [-0.2, 0) is 16.1 Å². The van der Waals surface area contributed by atoms with Gasteiger partial charge in [-0.1, -0.05) is 0 Å². The molecule has 0 aromatic carbocycles. The summed E-state index contributed by atoms with van der Waals surface area (Å²) in [5, 5.41) is 2.98. The number of aromatic nitrogens is 1. The van der Waals surface area contributed by atoms with Crippen molar-refractivity contribution in [2.45, 2.75) is 6.54 Å². The molecule has 0 N–H and O–H groups in total. The van der Waals surface area contributed by atoms with Crippen molar-refractivity contribution in [3.63, 3.8) is 0 Å². The molecule has 6 nitrogen and oxygen atoms in total. The summed E-state index contributed by atoms with van der Waals surface area (Å²) in [6.07, 6.45) is 1.66. The molecular weight excluding hydrogens is 302 g/mol. The van der Waals surface area contributed by atoms with Crippen LogP contribution in [0.3, 0.4) is 0 Å².